The number of hydrogen-bond acceptors (Lipinski definition) is 4. The van der Waals surface area contributed by atoms with E-state index in [4.69, 9.17) is 22.3 Å². The van der Waals surface area contributed by atoms with Crippen LogP contribution in [0.15, 0.2) is 71.2 Å². The first-order chi connectivity index (χ1) is 18.3. The van der Waals surface area contributed by atoms with Crippen molar-refractivity contribution in [2.45, 2.75) is 32.0 Å². The zero-order valence-electron chi connectivity index (χ0n) is 20.3. The molecule has 196 valence electrons. The summed E-state index contributed by atoms with van der Waals surface area (Å²) in [4.78, 5) is 19.7. The number of imidazole rings is 1. The molecular weight excluding hydrogens is 576 g/mol. The maximum atomic E-state index is 14.1. The molecule has 0 saturated heterocycles. The summed E-state index contributed by atoms with van der Waals surface area (Å²) < 4.78 is 30.7. The highest BCUT2D eigenvalue weighted by molar-refractivity contribution is 9.10. The minimum atomic E-state index is -0.547. The molecule has 1 aromatic heterocycles. The first-order valence-corrected chi connectivity index (χ1v) is 13.3. The van der Waals surface area contributed by atoms with Crippen molar-refractivity contribution in [1.82, 2.24) is 14.5 Å². The third kappa shape index (κ3) is 5.90. The van der Waals surface area contributed by atoms with Crippen molar-refractivity contribution in [2.75, 3.05) is 11.9 Å². The third-order valence-corrected chi connectivity index (χ3v) is 7.31. The van der Waals surface area contributed by atoms with Gasteiger partial charge in [0.2, 0.25) is 5.91 Å². The van der Waals surface area contributed by atoms with E-state index in [-0.39, 0.29) is 29.2 Å². The van der Waals surface area contributed by atoms with E-state index in [2.05, 4.69) is 21.2 Å². The van der Waals surface area contributed by atoms with Crippen LogP contribution >= 0.6 is 27.5 Å². The van der Waals surface area contributed by atoms with E-state index in [0.29, 0.717) is 54.6 Å². The number of benzene rings is 3. The van der Waals surface area contributed by atoms with Crippen molar-refractivity contribution in [3.8, 4) is 11.3 Å². The lowest BCUT2D eigenvalue weighted by atomic mass is 10.0. The monoisotopic (exact) mass is 599 g/mol. The maximum absolute atomic E-state index is 14.1. The number of aromatic nitrogens is 2. The van der Waals surface area contributed by atoms with Crippen molar-refractivity contribution < 1.29 is 13.6 Å². The zero-order chi connectivity index (χ0) is 26.8. The van der Waals surface area contributed by atoms with Gasteiger partial charge in [-0.05, 0) is 66.6 Å². The Hall–Kier alpha value is -3.27. The lowest BCUT2D eigenvalue weighted by Crippen LogP contribution is -2.41. The second kappa shape index (κ2) is 11.2. The van der Waals surface area contributed by atoms with Gasteiger partial charge in [-0.2, -0.15) is 0 Å². The lowest BCUT2D eigenvalue weighted by Gasteiger charge is -2.29. The van der Waals surface area contributed by atoms with Crippen LogP contribution in [0, 0.1) is 11.6 Å². The van der Waals surface area contributed by atoms with Crippen LogP contribution in [0.3, 0.4) is 0 Å². The van der Waals surface area contributed by atoms with E-state index in [1.807, 2.05) is 28.8 Å². The van der Waals surface area contributed by atoms with E-state index >= 15 is 0 Å². The minimum Gasteiger partial charge on any atom is -0.340 e. The van der Waals surface area contributed by atoms with Crippen LogP contribution < -0.4 is 11.1 Å². The minimum absolute atomic E-state index is 0.0251. The molecule has 0 aliphatic carbocycles. The molecule has 1 aliphatic rings. The fourth-order valence-corrected chi connectivity index (χ4v) is 4.92. The Morgan fingerprint density at radius 2 is 1.82 bits per heavy atom. The number of nitrogens with one attached hydrogen (secondary N) is 1. The van der Waals surface area contributed by atoms with Gasteiger partial charge in [0.1, 0.15) is 29.0 Å². The largest absolute Gasteiger partial charge is 0.340 e. The van der Waals surface area contributed by atoms with E-state index < -0.39 is 5.82 Å². The van der Waals surface area contributed by atoms with Crippen LogP contribution in [-0.2, 0) is 24.3 Å². The second-order valence-corrected chi connectivity index (χ2v) is 10.6. The van der Waals surface area contributed by atoms with Gasteiger partial charge in [-0.1, -0.05) is 39.7 Å². The van der Waals surface area contributed by atoms with Crippen LogP contribution in [0.1, 0.15) is 17.8 Å². The number of hydrogen-bond donors (Lipinski definition) is 2. The summed E-state index contributed by atoms with van der Waals surface area (Å²) >= 11 is 9.27. The van der Waals surface area contributed by atoms with E-state index in [9.17, 15) is 13.6 Å². The van der Waals surface area contributed by atoms with E-state index in [1.54, 1.807) is 23.1 Å². The highest BCUT2D eigenvalue weighted by atomic mass is 79.9. The number of fused-ring (bicyclic) bond motifs is 1. The maximum Gasteiger partial charge on any atom is 0.224 e. The molecule has 4 aromatic rings. The number of carbonyl (C=O) groups is 1. The predicted octanol–water partition coefficient (Wildman–Crippen LogP) is 6.29. The molecule has 3 N–H and O–H groups in total. The Balaban J connectivity index is 1.37. The standard InChI is InChI=1S/C28H25BrClF2N5O/c29-19-5-1-17(2-6-19)13-21(33)14-26(38)36-11-12-37-25(16-36)35-27(18-3-7-20(31)8-4-18)28(37)34-22-9-10-23(30)24(32)15-22/h1-10,15,21,34H,11-14,16,33H2/t21-/m0/s1. The van der Waals surface area contributed by atoms with Crippen molar-refractivity contribution in [3.63, 3.8) is 0 Å². The van der Waals surface area contributed by atoms with Gasteiger partial charge in [-0.3, -0.25) is 4.79 Å². The summed E-state index contributed by atoms with van der Waals surface area (Å²) in [5.74, 6) is 0.356. The predicted molar refractivity (Wildman–Crippen MR) is 148 cm³/mol. The SMILES string of the molecule is N[C@H](CC(=O)N1CCn2c(nc(-c3ccc(F)cc3)c2Nc2ccc(Cl)c(F)c2)C1)Cc1ccc(Br)cc1. The summed E-state index contributed by atoms with van der Waals surface area (Å²) in [5.41, 5.74) is 9.15. The summed E-state index contributed by atoms with van der Waals surface area (Å²) in [6.45, 7) is 1.25. The fraction of sp³-hybridized carbons (Fsp3) is 0.214. The molecule has 0 fully saturated rings. The normalized spacial score (nSPS) is 13.8. The van der Waals surface area contributed by atoms with Gasteiger partial charge in [0, 0.05) is 41.3 Å². The van der Waals surface area contributed by atoms with Crippen LogP contribution in [0.4, 0.5) is 20.3 Å². The van der Waals surface area contributed by atoms with Crippen LogP contribution in [-0.4, -0.2) is 32.9 Å². The molecule has 0 spiro atoms. The Bertz CT molecular complexity index is 1460. The van der Waals surface area contributed by atoms with Gasteiger partial charge in [0.15, 0.2) is 0 Å². The molecule has 0 saturated carbocycles. The highest BCUT2D eigenvalue weighted by Gasteiger charge is 2.28. The molecule has 38 heavy (non-hydrogen) atoms. The van der Waals surface area contributed by atoms with Crippen LogP contribution in [0.25, 0.3) is 11.3 Å². The molecular formula is C28H25BrClF2N5O. The van der Waals surface area contributed by atoms with Gasteiger partial charge in [0.05, 0.1) is 11.6 Å². The fourth-order valence-electron chi connectivity index (χ4n) is 4.54. The number of nitrogens with two attached hydrogens (primary N) is 1. The number of rotatable bonds is 7. The summed E-state index contributed by atoms with van der Waals surface area (Å²) in [6.07, 6.45) is 0.818. The van der Waals surface area contributed by atoms with Gasteiger partial charge < -0.3 is 20.5 Å². The quantitative estimate of drug-likeness (QED) is 0.261. The first kappa shape index (κ1) is 26.3. The van der Waals surface area contributed by atoms with Crippen LogP contribution in [0.5, 0.6) is 0 Å². The zero-order valence-corrected chi connectivity index (χ0v) is 22.6. The number of halogens is 4. The van der Waals surface area contributed by atoms with Gasteiger partial charge in [-0.25, -0.2) is 13.8 Å². The molecule has 6 nitrogen and oxygen atoms in total. The Kier molecular flexibility index (Phi) is 7.78. The molecule has 0 bridgehead atoms. The number of carbonyl (C=O) groups excluding carboxylic acids is 1. The van der Waals surface area contributed by atoms with Crippen molar-refractivity contribution in [2.24, 2.45) is 5.73 Å². The molecule has 1 aliphatic heterocycles. The molecule has 0 radical (unpaired) electrons. The Labute approximate surface area is 232 Å². The molecule has 1 atom stereocenters. The molecule has 1 amide bonds. The first-order valence-electron chi connectivity index (χ1n) is 12.1. The average Bonchev–Trinajstić information content (AvgIpc) is 3.25. The smallest absolute Gasteiger partial charge is 0.224 e. The van der Waals surface area contributed by atoms with Crippen molar-refractivity contribution >= 4 is 44.9 Å². The van der Waals surface area contributed by atoms with E-state index in [1.165, 1.54) is 24.3 Å². The summed E-state index contributed by atoms with van der Waals surface area (Å²) in [7, 11) is 0. The van der Waals surface area contributed by atoms with Crippen LogP contribution in [0.2, 0.25) is 5.02 Å². The second-order valence-electron chi connectivity index (χ2n) is 9.25. The number of nitrogens with zero attached hydrogens (tertiary/aromatic N) is 3. The van der Waals surface area contributed by atoms with Gasteiger partial charge >= 0.3 is 0 Å². The third-order valence-electron chi connectivity index (χ3n) is 6.47. The molecule has 0 unspecified atom stereocenters. The average molecular weight is 601 g/mol. The topological polar surface area (TPSA) is 76.2 Å². The molecule has 3 aromatic carbocycles. The Morgan fingerprint density at radius 3 is 2.53 bits per heavy atom. The van der Waals surface area contributed by atoms with Crippen molar-refractivity contribution in [3.05, 3.63) is 99.2 Å². The van der Waals surface area contributed by atoms with Gasteiger partial charge in [0.25, 0.3) is 0 Å². The molecule has 2 heterocycles. The molecule has 10 heteroatoms. The van der Waals surface area contributed by atoms with Crippen molar-refractivity contribution in [1.29, 1.82) is 0 Å². The summed E-state index contributed by atoms with van der Waals surface area (Å²) in [5, 5.41) is 3.28. The van der Waals surface area contributed by atoms with Gasteiger partial charge in [-0.15, -0.1) is 0 Å². The molecule has 5 rings (SSSR count). The lowest BCUT2D eigenvalue weighted by molar-refractivity contribution is -0.133. The Morgan fingerprint density at radius 1 is 1.08 bits per heavy atom. The number of amides is 1. The number of anilines is 2. The van der Waals surface area contributed by atoms with E-state index in [0.717, 1.165) is 10.0 Å². The summed E-state index contributed by atoms with van der Waals surface area (Å²) in [6, 6.07) is 18.0. The highest BCUT2D eigenvalue weighted by Crippen LogP contribution is 2.34.